The van der Waals surface area contributed by atoms with E-state index in [4.69, 9.17) is 4.52 Å². The Hall–Kier alpha value is -2.25. The summed E-state index contributed by atoms with van der Waals surface area (Å²) in [5, 5.41) is 22.4. The van der Waals surface area contributed by atoms with Gasteiger partial charge in [0, 0.05) is 28.9 Å². The van der Waals surface area contributed by atoms with Crippen molar-refractivity contribution in [2.45, 2.75) is 6.42 Å². The number of aromatic nitrogens is 2. The molecule has 7 heteroatoms. The molecule has 0 unspecified atom stereocenters. The van der Waals surface area contributed by atoms with Gasteiger partial charge in [0.25, 0.3) is 5.89 Å². The summed E-state index contributed by atoms with van der Waals surface area (Å²) in [5.41, 5.74) is 2.17. The van der Waals surface area contributed by atoms with Crippen molar-refractivity contribution >= 4 is 40.3 Å². The van der Waals surface area contributed by atoms with Crippen LogP contribution in [0.15, 0.2) is 38.2 Å². The van der Waals surface area contributed by atoms with E-state index in [0.29, 0.717) is 11.4 Å². The van der Waals surface area contributed by atoms with E-state index in [0.717, 1.165) is 11.1 Å². The number of hydrogen-bond donors (Lipinski definition) is 0. The molecule has 0 saturated heterocycles. The molecule has 0 spiro atoms. The lowest BCUT2D eigenvalue weighted by Crippen LogP contribution is -2.22. The number of hydrogen-bond acceptors (Lipinski definition) is 7. The van der Waals surface area contributed by atoms with Gasteiger partial charge >= 0.3 is 0 Å². The van der Waals surface area contributed by atoms with Gasteiger partial charge in [-0.3, -0.25) is 0 Å². The van der Waals surface area contributed by atoms with Crippen LogP contribution < -0.4 is 5.11 Å². The predicted molar refractivity (Wildman–Crippen MR) is 79.4 cm³/mol. The summed E-state index contributed by atoms with van der Waals surface area (Å²) >= 11 is 3.05. The minimum absolute atomic E-state index is 0.201. The lowest BCUT2D eigenvalue weighted by Gasteiger charge is -2.03. The maximum atomic E-state index is 10.9. The summed E-state index contributed by atoms with van der Waals surface area (Å²) < 4.78 is 5.19. The molecule has 0 aromatic carbocycles. The van der Waals surface area contributed by atoms with E-state index in [2.05, 4.69) is 10.1 Å². The van der Waals surface area contributed by atoms with Crippen molar-refractivity contribution in [3.63, 3.8) is 0 Å². The van der Waals surface area contributed by atoms with Crippen LogP contribution in [0.25, 0.3) is 23.0 Å². The van der Waals surface area contributed by atoms with Crippen LogP contribution in [0.3, 0.4) is 0 Å². The van der Waals surface area contributed by atoms with Crippen LogP contribution in [0.2, 0.25) is 0 Å². The summed E-state index contributed by atoms with van der Waals surface area (Å²) in [4.78, 5) is 15.2. The first-order chi connectivity index (χ1) is 10.2. The predicted octanol–water partition coefficient (Wildman–Crippen LogP) is 2.54. The molecular weight excluding hydrogens is 308 g/mol. The molecule has 3 aromatic heterocycles. The van der Waals surface area contributed by atoms with E-state index < -0.39 is 5.97 Å². The molecule has 106 valence electrons. The number of carbonyl (C=O) groups is 1. The van der Waals surface area contributed by atoms with Crippen molar-refractivity contribution in [1.29, 1.82) is 0 Å². The molecular formula is C14H9N2O3S2-. The number of thiophene rings is 2. The third kappa shape index (κ3) is 3.26. The number of carbonyl (C=O) groups excluding carboxylic acids is 1. The molecule has 0 amide bonds. The monoisotopic (exact) mass is 317 g/mol. The van der Waals surface area contributed by atoms with Crippen LogP contribution in [0.4, 0.5) is 0 Å². The van der Waals surface area contributed by atoms with Gasteiger partial charge in [0.15, 0.2) is 0 Å². The standard InChI is InChI=1S/C14H10N2O3S2/c17-12(18)6-11(5-9-1-3-20-7-9)14-15-13(16-19-14)10-2-4-21-8-10/h1-5,7-8H,6H2,(H,17,18)/p-1/b11-5+. The third-order valence-corrected chi connectivity index (χ3v) is 4.08. The zero-order valence-electron chi connectivity index (χ0n) is 10.7. The summed E-state index contributed by atoms with van der Waals surface area (Å²) in [6.07, 6.45) is 1.44. The van der Waals surface area contributed by atoms with Gasteiger partial charge in [-0.2, -0.15) is 27.7 Å². The molecule has 0 aliphatic rings. The third-order valence-electron chi connectivity index (χ3n) is 2.70. The first-order valence-electron chi connectivity index (χ1n) is 6.01. The fourth-order valence-corrected chi connectivity index (χ4v) is 3.02. The van der Waals surface area contributed by atoms with E-state index in [1.165, 1.54) is 22.7 Å². The number of aliphatic carboxylic acids is 1. The maximum absolute atomic E-state index is 10.9. The van der Waals surface area contributed by atoms with Gasteiger partial charge in [-0.15, -0.1) is 0 Å². The zero-order chi connectivity index (χ0) is 14.7. The summed E-state index contributed by atoms with van der Waals surface area (Å²) in [7, 11) is 0. The molecule has 21 heavy (non-hydrogen) atoms. The van der Waals surface area contributed by atoms with Gasteiger partial charge in [-0.1, -0.05) is 5.16 Å². The summed E-state index contributed by atoms with van der Waals surface area (Å²) in [6.45, 7) is 0. The van der Waals surface area contributed by atoms with Crippen molar-refractivity contribution in [3.05, 3.63) is 45.1 Å². The highest BCUT2D eigenvalue weighted by Crippen LogP contribution is 2.25. The van der Waals surface area contributed by atoms with Gasteiger partial charge in [-0.05, 0) is 39.9 Å². The first kappa shape index (κ1) is 13.7. The van der Waals surface area contributed by atoms with E-state index >= 15 is 0 Å². The van der Waals surface area contributed by atoms with E-state index in [-0.39, 0.29) is 12.3 Å². The van der Waals surface area contributed by atoms with E-state index in [1.54, 1.807) is 6.08 Å². The van der Waals surface area contributed by atoms with Crippen molar-refractivity contribution in [2.75, 3.05) is 0 Å². The van der Waals surface area contributed by atoms with Crippen LogP contribution in [0.1, 0.15) is 17.9 Å². The van der Waals surface area contributed by atoms with Crippen molar-refractivity contribution < 1.29 is 14.4 Å². The first-order valence-corrected chi connectivity index (χ1v) is 7.90. The SMILES string of the molecule is O=C([O-])C/C(=C\c1ccsc1)c1nc(-c2ccsc2)no1. The molecule has 0 atom stereocenters. The number of carboxylic acids is 1. The smallest absolute Gasteiger partial charge is 0.254 e. The van der Waals surface area contributed by atoms with Crippen molar-refractivity contribution in [1.82, 2.24) is 10.1 Å². The highest BCUT2D eigenvalue weighted by Gasteiger charge is 2.13. The Morgan fingerprint density at radius 2 is 2.10 bits per heavy atom. The van der Waals surface area contributed by atoms with Crippen LogP contribution in [0, 0.1) is 0 Å². The van der Waals surface area contributed by atoms with Crippen LogP contribution in [0.5, 0.6) is 0 Å². The highest BCUT2D eigenvalue weighted by molar-refractivity contribution is 7.08. The fourth-order valence-electron chi connectivity index (χ4n) is 1.77. The van der Waals surface area contributed by atoms with Crippen molar-refractivity contribution in [3.8, 4) is 11.4 Å². The van der Waals surface area contributed by atoms with Crippen LogP contribution in [-0.2, 0) is 4.79 Å². The topological polar surface area (TPSA) is 79.0 Å². The quantitative estimate of drug-likeness (QED) is 0.722. The summed E-state index contributed by atoms with van der Waals surface area (Å²) in [5.74, 6) is -0.542. The Kier molecular flexibility index (Phi) is 3.94. The van der Waals surface area contributed by atoms with Crippen LogP contribution in [-0.4, -0.2) is 16.1 Å². The molecule has 0 fully saturated rings. The van der Waals surface area contributed by atoms with Crippen molar-refractivity contribution in [2.24, 2.45) is 0 Å². The second-order valence-corrected chi connectivity index (χ2v) is 5.77. The van der Waals surface area contributed by atoms with E-state index in [9.17, 15) is 9.90 Å². The lowest BCUT2D eigenvalue weighted by atomic mass is 10.1. The summed E-state index contributed by atoms with van der Waals surface area (Å²) in [6, 6.07) is 3.76. The lowest BCUT2D eigenvalue weighted by molar-refractivity contribution is -0.304. The minimum Gasteiger partial charge on any atom is -0.550 e. The minimum atomic E-state index is -1.19. The number of rotatable bonds is 5. The Balaban J connectivity index is 1.95. The average molecular weight is 317 g/mol. The zero-order valence-corrected chi connectivity index (χ0v) is 12.3. The second kappa shape index (κ2) is 6.02. The molecule has 3 aromatic rings. The highest BCUT2D eigenvalue weighted by atomic mass is 32.1. The Labute approximate surface area is 128 Å². The molecule has 0 bridgehead atoms. The Morgan fingerprint density at radius 1 is 1.29 bits per heavy atom. The van der Waals surface area contributed by atoms with Gasteiger partial charge in [0.2, 0.25) is 5.82 Å². The van der Waals surface area contributed by atoms with Gasteiger partial charge in [-0.25, -0.2) is 0 Å². The molecule has 0 aliphatic carbocycles. The molecule has 5 nitrogen and oxygen atoms in total. The second-order valence-electron chi connectivity index (χ2n) is 4.21. The normalized spacial score (nSPS) is 11.7. The molecule has 0 N–H and O–H groups in total. The van der Waals surface area contributed by atoms with E-state index in [1.807, 2.05) is 33.7 Å². The molecule has 3 heterocycles. The molecule has 0 saturated carbocycles. The van der Waals surface area contributed by atoms with Crippen LogP contribution >= 0.6 is 22.7 Å². The van der Waals surface area contributed by atoms with Gasteiger partial charge in [0.05, 0.1) is 0 Å². The molecule has 0 radical (unpaired) electrons. The van der Waals surface area contributed by atoms with Gasteiger partial charge in [0.1, 0.15) is 0 Å². The number of carboxylic acid groups (broad SMARTS) is 1. The maximum Gasteiger partial charge on any atom is 0.254 e. The van der Waals surface area contributed by atoms with Gasteiger partial charge < -0.3 is 14.4 Å². The largest absolute Gasteiger partial charge is 0.550 e. The molecule has 0 aliphatic heterocycles. The Bertz CT molecular complexity index is 758. The molecule has 3 rings (SSSR count). The fraction of sp³-hybridized carbons (Fsp3) is 0.0714. The Morgan fingerprint density at radius 3 is 2.76 bits per heavy atom. The number of nitrogens with zero attached hydrogens (tertiary/aromatic N) is 2. The average Bonchev–Trinajstić information content (AvgIpc) is 3.19.